The second-order valence-electron chi connectivity index (χ2n) is 8.05. The Bertz CT molecular complexity index is 1360. The highest BCUT2D eigenvalue weighted by Crippen LogP contribution is 2.32. The zero-order valence-electron chi connectivity index (χ0n) is 19.0. The molecule has 0 bridgehead atoms. The monoisotopic (exact) mass is 488 g/mol. The van der Waals surface area contributed by atoms with Crippen molar-refractivity contribution in [3.05, 3.63) is 78.4 Å². The minimum atomic E-state index is -0.719. The maximum Gasteiger partial charge on any atom is 0.263 e. The lowest BCUT2D eigenvalue weighted by molar-refractivity contribution is -0.128. The van der Waals surface area contributed by atoms with Crippen molar-refractivity contribution in [2.24, 2.45) is 10.1 Å². The van der Waals surface area contributed by atoms with Crippen LogP contribution in [-0.2, 0) is 9.59 Å². The van der Waals surface area contributed by atoms with E-state index in [9.17, 15) is 19.8 Å². The van der Waals surface area contributed by atoms with E-state index in [-0.39, 0.29) is 29.4 Å². The van der Waals surface area contributed by atoms with E-state index < -0.39 is 11.2 Å². The van der Waals surface area contributed by atoms with Gasteiger partial charge in [-0.25, -0.2) is 0 Å². The average Bonchev–Trinajstić information content (AvgIpc) is 3.13. The van der Waals surface area contributed by atoms with Gasteiger partial charge in [0.15, 0.2) is 16.7 Å². The number of hydrazone groups is 1. The highest BCUT2D eigenvalue weighted by atomic mass is 32.2. The van der Waals surface area contributed by atoms with Gasteiger partial charge in [0.05, 0.1) is 12.8 Å². The minimum Gasteiger partial charge on any atom is -0.504 e. The van der Waals surface area contributed by atoms with Crippen molar-refractivity contribution in [3.8, 4) is 11.5 Å². The molecule has 1 unspecified atom stereocenters. The Kier molecular flexibility index (Phi) is 7.17. The number of hydrogen-bond acceptors (Lipinski definition) is 7. The molecule has 1 aliphatic rings. The molecule has 2 amide bonds. The molecule has 3 aromatic rings. The Morgan fingerprint density at radius 1 is 1.14 bits per heavy atom. The summed E-state index contributed by atoms with van der Waals surface area (Å²) >= 11 is 1.15. The summed E-state index contributed by atoms with van der Waals surface area (Å²) in [5.41, 5.74) is 1.71. The van der Waals surface area contributed by atoms with E-state index in [2.05, 4.69) is 22.0 Å². The zero-order chi connectivity index (χ0) is 24.9. The SMILES string of the molecule is C=C(C)CN=C1SC(CC(=O)Nc2cccc3ccccc23)C(=O)N1/N=C/c1cccc(O)c1O. The maximum atomic E-state index is 13.1. The summed E-state index contributed by atoms with van der Waals surface area (Å²) in [6, 6.07) is 17.8. The second kappa shape index (κ2) is 10.4. The Labute approximate surface area is 206 Å². The number of anilines is 1. The van der Waals surface area contributed by atoms with E-state index in [1.54, 1.807) is 12.1 Å². The Morgan fingerprint density at radius 2 is 1.89 bits per heavy atom. The molecule has 0 saturated carbocycles. The molecule has 3 aromatic carbocycles. The molecule has 0 aliphatic carbocycles. The van der Waals surface area contributed by atoms with Crippen molar-refractivity contribution in [1.82, 2.24) is 5.01 Å². The molecule has 35 heavy (non-hydrogen) atoms. The van der Waals surface area contributed by atoms with Crippen LogP contribution in [0.1, 0.15) is 18.9 Å². The van der Waals surface area contributed by atoms with Gasteiger partial charge >= 0.3 is 0 Å². The third-order valence-corrected chi connectivity index (χ3v) is 6.36. The van der Waals surface area contributed by atoms with Gasteiger partial charge in [0, 0.05) is 23.1 Å². The van der Waals surface area contributed by atoms with E-state index in [1.807, 2.05) is 49.4 Å². The summed E-state index contributed by atoms with van der Waals surface area (Å²) in [5.74, 6) is -1.35. The number of hydrogen-bond donors (Lipinski definition) is 3. The highest BCUT2D eigenvalue weighted by Gasteiger charge is 2.39. The predicted molar refractivity (Wildman–Crippen MR) is 140 cm³/mol. The van der Waals surface area contributed by atoms with Crippen LogP contribution in [0.3, 0.4) is 0 Å². The van der Waals surface area contributed by atoms with Crippen LogP contribution in [0.15, 0.2) is 82.9 Å². The number of rotatable bonds is 7. The minimum absolute atomic E-state index is 0.0673. The number of carbonyl (C=O) groups excluding carboxylic acids is 2. The summed E-state index contributed by atoms with van der Waals surface area (Å²) in [4.78, 5) is 30.4. The topological polar surface area (TPSA) is 115 Å². The van der Waals surface area contributed by atoms with Gasteiger partial charge in [0.1, 0.15) is 5.25 Å². The molecular formula is C26H24N4O4S. The van der Waals surface area contributed by atoms with Crippen molar-refractivity contribution in [3.63, 3.8) is 0 Å². The van der Waals surface area contributed by atoms with Gasteiger partial charge in [-0.15, -0.1) is 0 Å². The van der Waals surface area contributed by atoms with Crippen LogP contribution in [0.25, 0.3) is 10.8 Å². The first kappa shape index (κ1) is 24.0. The first-order chi connectivity index (χ1) is 16.8. The molecule has 9 heteroatoms. The number of aromatic hydroxyl groups is 2. The number of phenolic OH excluding ortho intramolecular Hbond substituents is 2. The van der Waals surface area contributed by atoms with Gasteiger partial charge in [0.25, 0.3) is 5.91 Å². The first-order valence-electron chi connectivity index (χ1n) is 10.9. The lowest BCUT2D eigenvalue weighted by Crippen LogP contribution is -2.30. The lowest BCUT2D eigenvalue weighted by Gasteiger charge is -2.11. The summed E-state index contributed by atoms with van der Waals surface area (Å²) in [6.45, 7) is 5.95. The fourth-order valence-electron chi connectivity index (χ4n) is 3.48. The second-order valence-corrected chi connectivity index (χ2v) is 9.22. The average molecular weight is 489 g/mol. The fraction of sp³-hybridized carbons (Fsp3) is 0.154. The molecule has 8 nitrogen and oxygen atoms in total. The number of aliphatic imine (C=N–C) groups is 1. The Balaban J connectivity index is 1.53. The van der Waals surface area contributed by atoms with Crippen molar-refractivity contribution >= 4 is 51.4 Å². The molecule has 3 N–H and O–H groups in total. The summed E-state index contributed by atoms with van der Waals surface area (Å²) in [7, 11) is 0. The van der Waals surface area contributed by atoms with Crippen molar-refractivity contribution in [2.75, 3.05) is 11.9 Å². The number of amidine groups is 1. The number of phenols is 2. The molecule has 1 saturated heterocycles. The van der Waals surface area contributed by atoms with Crippen molar-refractivity contribution in [2.45, 2.75) is 18.6 Å². The summed E-state index contributed by atoms with van der Waals surface area (Å²) in [6.07, 6.45) is 1.20. The van der Waals surface area contributed by atoms with Gasteiger partial charge in [-0.3, -0.25) is 14.6 Å². The molecule has 1 heterocycles. The van der Waals surface area contributed by atoms with Crippen LogP contribution in [0.4, 0.5) is 5.69 Å². The van der Waals surface area contributed by atoms with Crippen LogP contribution in [0.2, 0.25) is 0 Å². The summed E-state index contributed by atoms with van der Waals surface area (Å²) in [5, 5.41) is 29.5. The number of nitrogens with zero attached hydrogens (tertiary/aromatic N) is 3. The van der Waals surface area contributed by atoms with Crippen LogP contribution in [0.5, 0.6) is 11.5 Å². The van der Waals surface area contributed by atoms with Gasteiger partial charge in [-0.05, 0) is 30.5 Å². The van der Waals surface area contributed by atoms with E-state index in [4.69, 9.17) is 0 Å². The molecule has 178 valence electrons. The van der Waals surface area contributed by atoms with E-state index >= 15 is 0 Å². The molecule has 1 aliphatic heterocycles. The molecule has 0 aromatic heterocycles. The number of thioether (sulfide) groups is 1. The zero-order valence-corrected chi connectivity index (χ0v) is 19.8. The van der Waals surface area contributed by atoms with Crippen molar-refractivity contribution in [1.29, 1.82) is 0 Å². The maximum absolute atomic E-state index is 13.1. The van der Waals surface area contributed by atoms with Gasteiger partial charge in [-0.1, -0.05) is 66.4 Å². The number of carbonyl (C=O) groups is 2. The van der Waals surface area contributed by atoms with Crippen LogP contribution >= 0.6 is 11.8 Å². The van der Waals surface area contributed by atoms with Crippen LogP contribution in [0, 0.1) is 0 Å². The smallest absolute Gasteiger partial charge is 0.263 e. The standard InChI is InChI=1S/C26H24N4O4S/c1-16(2)14-27-26-30(28-15-18-9-6-12-21(31)24(18)33)25(34)22(35-26)13-23(32)29-20-11-5-8-17-7-3-4-10-19(17)20/h3-12,15,22,31,33H,1,13-14H2,2H3,(H,29,32)/b27-26?,28-15+. The molecule has 1 atom stereocenters. The molecule has 0 radical (unpaired) electrons. The number of benzene rings is 3. The van der Waals surface area contributed by atoms with E-state index in [0.29, 0.717) is 17.4 Å². The number of amides is 2. The Morgan fingerprint density at radius 3 is 2.69 bits per heavy atom. The third-order valence-electron chi connectivity index (χ3n) is 5.19. The van der Waals surface area contributed by atoms with Gasteiger partial charge in [0.2, 0.25) is 5.91 Å². The predicted octanol–water partition coefficient (Wildman–Crippen LogP) is 4.49. The number of nitrogens with one attached hydrogen (secondary N) is 1. The van der Waals surface area contributed by atoms with E-state index in [1.165, 1.54) is 12.3 Å². The van der Waals surface area contributed by atoms with Crippen LogP contribution < -0.4 is 5.32 Å². The van der Waals surface area contributed by atoms with Crippen LogP contribution in [-0.4, -0.2) is 50.2 Å². The van der Waals surface area contributed by atoms with Gasteiger partial charge in [-0.2, -0.15) is 10.1 Å². The largest absolute Gasteiger partial charge is 0.504 e. The molecule has 4 rings (SSSR count). The quantitative estimate of drug-likeness (QED) is 0.258. The Hall–Kier alpha value is -4.11. The van der Waals surface area contributed by atoms with Crippen molar-refractivity contribution < 1.29 is 19.8 Å². The molecule has 1 fully saturated rings. The molecular weight excluding hydrogens is 464 g/mol. The van der Waals surface area contributed by atoms with E-state index in [0.717, 1.165) is 33.1 Å². The van der Waals surface area contributed by atoms with Gasteiger partial charge < -0.3 is 15.5 Å². The number of para-hydroxylation sites is 1. The third kappa shape index (κ3) is 5.52. The first-order valence-corrected chi connectivity index (χ1v) is 11.7. The summed E-state index contributed by atoms with van der Waals surface area (Å²) < 4.78 is 0. The lowest BCUT2D eigenvalue weighted by atomic mass is 10.1. The fourth-order valence-corrected chi connectivity index (χ4v) is 4.54. The highest BCUT2D eigenvalue weighted by molar-refractivity contribution is 8.15. The molecule has 0 spiro atoms. The normalized spacial score (nSPS) is 16.9. The number of fused-ring (bicyclic) bond motifs is 1.